The van der Waals surface area contributed by atoms with Crippen LogP contribution in [0.3, 0.4) is 0 Å². The predicted molar refractivity (Wildman–Crippen MR) is 102 cm³/mol. The first-order valence-corrected chi connectivity index (χ1v) is 11.1. The van der Waals surface area contributed by atoms with E-state index >= 15 is 0 Å². The number of carbonyl (C=O) groups is 3. The van der Waals surface area contributed by atoms with Gasteiger partial charge in [0.2, 0.25) is 17.7 Å². The molecule has 26 heavy (non-hydrogen) atoms. The van der Waals surface area contributed by atoms with Gasteiger partial charge in [0.15, 0.2) is 0 Å². The number of amides is 3. The largest absolute Gasteiger partial charge is 0.355 e. The number of nitrogens with one attached hydrogen (secondary N) is 3. The molecule has 0 radical (unpaired) electrons. The molecule has 0 aromatic heterocycles. The molecule has 0 rings (SSSR count). The molecule has 3 amide bonds. The highest BCUT2D eigenvalue weighted by atomic mass is 32.1. The minimum atomic E-state index is -3.41. The van der Waals surface area contributed by atoms with Crippen molar-refractivity contribution in [3.05, 3.63) is 0 Å². The van der Waals surface area contributed by atoms with Gasteiger partial charge in [0, 0.05) is 12.7 Å². The summed E-state index contributed by atoms with van der Waals surface area (Å²) < 4.78 is 16.4. The predicted octanol–water partition coefficient (Wildman–Crippen LogP) is 0.437. The van der Waals surface area contributed by atoms with Crippen LogP contribution in [-0.4, -0.2) is 60.8 Å². The first-order valence-electron chi connectivity index (χ1n) is 8.68. The second-order valence-electron chi connectivity index (χ2n) is 5.67. The van der Waals surface area contributed by atoms with E-state index in [0.717, 1.165) is 19.3 Å². The average molecular weight is 411 g/mol. The van der Waals surface area contributed by atoms with Crippen LogP contribution in [0.15, 0.2) is 0 Å². The van der Waals surface area contributed by atoms with Crippen LogP contribution < -0.4 is 16.0 Å². The van der Waals surface area contributed by atoms with Gasteiger partial charge >= 0.3 is 7.60 Å². The maximum absolute atomic E-state index is 11.5. The Morgan fingerprint density at radius 1 is 0.962 bits per heavy atom. The number of rotatable bonds is 15. The van der Waals surface area contributed by atoms with Gasteiger partial charge in [-0.3, -0.25) is 18.9 Å². The highest BCUT2D eigenvalue weighted by molar-refractivity contribution is 7.81. The van der Waals surface area contributed by atoms with Crippen molar-refractivity contribution in [3.63, 3.8) is 0 Å². The molecule has 1 unspecified atom stereocenters. The third kappa shape index (κ3) is 15.2. The molecule has 0 saturated heterocycles. The van der Waals surface area contributed by atoms with Crippen molar-refractivity contribution in [2.75, 3.05) is 38.2 Å². The fraction of sp³-hybridized carbons (Fsp3) is 0.800. The summed E-state index contributed by atoms with van der Waals surface area (Å²) in [5.41, 5.74) is 0. The first kappa shape index (κ1) is 24.9. The maximum atomic E-state index is 11.5. The lowest BCUT2D eigenvalue weighted by molar-refractivity contribution is -0.127. The lowest BCUT2D eigenvalue weighted by Crippen LogP contribution is -2.42. The lowest BCUT2D eigenvalue weighted by Gasteiger charge is -2.10. The van der Waals surface area contributed by atoms with Gasteiger partial charge in [0.25, 0.3) is 0 Å². The maximum Gasteiger partial charge on any atom is 0.328 e. The second-order valence-corrected chi connectivity index (χ2v) is 7.97. The van der Waals surface area contributed by atoms with Gasteiger partial charge in [-0.25, -0.2) is 0 Å². The Hall–Kier alpha value is -1.09. The highest BCUT2D eigenvalue weighted by Gasteiger charge is 2.16. The number of carbonyl (C=O) groups excluding carboxylic acids is 3. The van der Waals surface area contributed by atoms with Crippen LogP contribution in [0.5, 0.6) is 0 Å². The van der Waals surface area contributed by atoms with Crippen LogP contribution >= 0.6 is 20.2 Å². The van der Waals surface area contributed by atoms with E-state index in [9.17, 15) is 23.8 Å². The van der Waals surface area contributed by atoms with Crippen LogP contribution in [0.25, 0.3) is 0 Å². The molecule has 0 aliphatic heterocycles. The van der Waals surface area contributed by atoms with Crippen LogP contribution in [0.1, 0.15) is 39.0 Å². The van der Waals surface area contributed by atoms with Crippen LogP contribution in [0, 0.1) is 0 Å². The molecule has 0 aromatic rings. The third-order valence-corrected chi connectivity index (χ3v) is 5.11. The van der Waals surface area contributed by atoms with Crippen molar-refractivity contribution >= 4 is 37.9 Å². The number of hydrogen-bond acceptors (Lipinski definition) is 6. The van der Waals surface area contributed by atoms with E-state index in [4.69, 9.17) is 4.52 Å². The zero-order valence-corrected chi connectivity index (χ0v) is 16.9. The van der Waals surface area contributed by atoms with Crippen molar-refractivity contribution in [2.24, 2.45) is 0 Å². The highest BCUT2D eigenvalue weighted by Crippen LogP contribution is 2.42. The molecular formula is C15H30N3O6PS. The van der Waals surface area contributed by atoms with Crippen LogP contribution in [0.2, 0.25) is 0 Å². The van der Waals surface area contributed by atoms with Gasteiger partial charge in [0.05, 0.1) is 25.4 Å². The van der Waals surface area contributed by atoms with Crippen LogP contribution in [-0.2, 0) is 23.5 Å². The van der Waals surface area contributed by atoms with E-state index in [1.807, 2.05) is 6.92 Å². The Morgan fingerprint density at radius 3 is 2.15 bits per heavy atom. The normalized spacial score (nSPS) is 12.9. The molecule has 0 bridgehead atoms. The summed E-state index contributed by atoms with van der Waals surface area (Å²) in [5, 5.41) is 7.42. The molecule has 11 heteroatoms. The van der Waals surface area contributed by atoms with E-state index in [2.05, 4.69) is 28.6 Å². The molecule has 0 spiro atoms. The molecular weight excluding hydrogens is 381 g/mol. The second kappa shape index (κ2) is 15.0. The van der Waals surface area contributed by atoms with Gasteiger partial charge in [0.1, 0.15) is 0 Å². The van der Waals surface area contributed by atoms with Gasteiger partial charge < -0.3 is 25.4 Å². The smallest absolute Gasteiger partial charge is 0.328 e. The monoisotopic (exact) mass is 411 g/mol. The average Bonchev–Trinajstić information content (AvgIpc) is 2.59. The lowest BCUT2D eigenvalue weighted by atomic mass is 10.2. The Bertz CT molecular complexity index is 492. The number of unbranched alkanes of at least 4 members (excludes halogenated alkanes) is 3. The van der Waals surface area contributed by atoms with E-state index in [1.54, 1.807) is 0 Å². The molecule has 4 N–H and O–H groups in total. The Labute approximate surface area is 160 Å². The Balaban J connectivity index is 3.53. The van der Waals surface area contributed by atoms with E-state index in [1.165, 1.54) is 0 Å². The van der Waals surface area contributed by atoms with Crippen molar-refractivity contribution in [2.45, 2.75) is 39.0 Å². The minimum absolute atomic E-state index is 0.00204. The quantitative estimate of drug-likeness (QED) is 0.151. The fourth-order valence-electron chi connectivity index (χ4n) is 1.90. The van der Waals surface area contributed by atoms with Crippen molar-refractivity contribution in [3.8, 4) is 0 Å². The SMILES string of the molecule is CCCP(=O)(O)OCCCCCCNC(=O)CNC(=O)CNC(=O)CS. The van der Waals surface area contributed by atoms with Crippen molar-refractivity contribution in [1.82, 2.24) is 16.0 Å². The summed E-state index contributed by atoms with van der Waals surface area (Å²) in [5.74, 6) is -1.11. The zero-order valence-electron chi connectivity index (χ0n) is 15.2. The van der Waals surface area contributed by atoms with Gasteiger partial charge in [-0.15, -0.1) is 0 Å². The summed E-state index contributed by atoms with van der Waals surface area (Å²) in [6.07, 6.45) is 3.94. The molecule has 0 aliphatic rings. The van der Waals surface area contributed by atoms with Crippen molar-refractivity contribution in [1.29, 1.82) is 0 Å². The Kier molecular flexibility index (Phi) is 14.4. The minimum Gasteiger partial charge on any atom is -0.355 e. The number of thiol groups is 1. The topological polar surface area (TPSA) is 134 Å². The van der Waals surface area contributed by atoms with Gasteiger partial charge in [-0.05, 0) is 19.3 Å². The van der Waals surface area contributed by atoms with E-state index in [0.29, 0.717) is 19.4 Å². The molecule has 0 aliphatic carbocycles. The summed E-state index contributed by atoms with van der Waals surface area (Å²) in [7, 11) is -3.41. The summed E-state index contributed by atoms with van der Waals surface area (Å²) in [6, 6.07) is 0. The molecule has 152 valence electrons. The number of hydrogen-bond donors (Lipinski definition) is 5. The van der Waals surface area contributed by atoms with Crippen molar-refractivity contribution < 1.29 is 28.4 Å². The molecule has 9 nitrogen and oxygen atoms in total. The van der Waals surface area contributed by atoms with Gasteiger partial charge in [-0.1, -0.05) is 19.8 Å². The first-order chi connectivity index (χ1) is 12.3. The third-order valence-electron chi connectivity index (χ3n) is 3.23. The molecule has 0 aromatic carbocycles. The molecule has 0 fully saturated rings. The van der Waals surface area contributed by atoms with Crippen LogP contribution in [0.4, 0.5) is 0 Å². The fourth-order valence-corrected chi connectivity index (χ4v) is 3.12. The molecule has 0 saturated carbocycles. The summed E-state index contributed by atoms with van der Waals surface area (Å²) in [4.78, 5) is 43.3. The summed E-state index contributed by atoms with van der Waals surface area (Å²) >= 11 is 3.76. The molecule has 0 heterocycles. The standard InChI is InChI=1S/C15H30N3O6PS/c1-2-9-25(22,23)24-8-6-4-3-5-7-16-13(19)10-17-14(20)11-18-15(21)12-26/h26H,2-12H2,1H3,(H,16,19)(H,17,20)(H,18,21)(H,22,23). The zero-order chi connectivity index (χ0) is 19.8. The Morgan fingerprint density at radius 2 is 1.54 bits per heavy atom. The summed E-state index contributed by atoms with van der Waals surface area (Å²) in [6.45, 7) is 2.24. The van der Waals surface area contributed by atoms with Gasteiger partial charge in [-0.2, -0.15) is 12.6 Å². The van der Waals surface area contributed by atoms with E-state index in [-0.39, 0.29) is 43.4 Å². The molecule has 1 atom stereocenters. The van der Waals surface area contributed by atoms with E-state index < -0.39 is 13.5 Å².